The van der Waals surface area contributed by atoms with Gasteiger partial charge in [-0.3, -0.25) is 9.89 Å². The molecule has 1 aromatic heterocycles. The van der Waals surface area contributed by atoms with Gasteiger partial charge in [0.15, 0.2) is 5.96 Å². The topological polar surface area (TPSA) is 39.7 Å². The fraction of sp³-hybridized carbons (Fsp3) is 0.737. The summed E-state index contributed by atoms with van der Waals surface area (Å²) in [5.41, 5.74) is 0. The first kappa shape index (κ1) is 24.0. The van der Waals surface area contributed by atoms with Gasteiger partial charge in [-0.1, -0.05) is 13.0 Å². The average Bonchev–Trinajstić information content (AvgIpc) is 3.15. The van der Waals surface area contributed by atoms with E-state index in [1.807, 2.05) is 30.1 Å². The van der Waals surface area contributed by atoms with E-state index in [0.717, 1.165) is 25.0 Å². The van der Waals surface area contributed by atoms with Gasteiger partial charge in [-0.05, 0) is 68.1 Å². The van der Waals surface area contributed by atoms with Crippen LogP contribution >= 0.6 is 47.1 Å². The van der Waals surface area contributed by atoms with Crippen LogP contribution < -0.4 is 10.6 Å². The van der Waals surface area contributed by atoms with Gasteiger partial charge in [-0.2, -0.15) is 11.8 Å². The molecule has 7 heteroatoms. The Morgan fingerprint density at radius 1 is 1.35 bits per heavy atom. The van der Waals surface area contributed by atoms with Crippen LogP contribution in [0.4, 0.5) is 0 Å². The number of piperidine rings is 1. The molecular weight excluding hydrogens is 475 g/mol. The van der Waals surface area contributed by atoms with Gasteiger partial charge in [-0.25, -0.2) is 0 Å². The van der Waals surface area contributed by atoms with E-state index >= 15 is 0 Å². The molecule has 1 aliphatic rings. The second-order valence-corrected chi connectivity index (χ2v) is 8.79. The van der Waals surface area contributed by atoms with Crippen molar-refractivity contribution in [3.63, 3.8) is 0 Å². The Bertz CT molecular complexity index is 488. The normalized spacial score (nSPS) is 17.6. The first-order valence-electron chi connectivity index (χ1n) is 9.45. The fourth-order valence-corrected chi connectivity index (χ4v) is 4.58. The molecule has 2 heterocycles. The minimum atomic E-state index is 0. The highest BCUT2D eigenvalue weighted by molar-refractivity contribution is 14.0. The van der Waals surface area contributed by atoms with E-state index in [-0.39, 0.29) is 24.0 Å². The minimum Gasteiger partial charge on any atom is -0.356 e. The predicted molar refractivity (Wildman–Crippen MR) is 129 cm³/mol. The number of aliphatic imine (C=N–C) groups is 1. The number of hydrogen-bond donors (Lipinski definition) is 2. The smallest absolute Gasteiger partial charge is 0.191 e. The molecule has 0 saturated carbocycles. The fourth-order valence-electron chi connectivity index (χ4n) is 3.22. The van der Waals surface area contributed by atoms with Gasteiger partial charge < -0.3 is 10.6 Å². The number of unbranched alkanes of at least 4 members (excludes halogenated alkanes) is 1. The Kier molecular flexibility index (Phi) is 13.0. The Balaban J connectivity index is 0.00000338. The van der Waals surface area contributed by atoms with Crippen molar-refractivity contribution in [1.82, 2.24) is 15.5 Å². The van der Waals surface area contributed by atoms with Crippen LogP contribution in [0.5, 0.6) is 0 Å². The predicted octanol–water partition coefficient (Wildman–Crippen LogP) is 4.45. The Morgan fingerprint density at radius 2 is 2.12 bits per heavy atom. The third-order valence-corrected chi connectivity index (χ3v) is 6.56. The maximum Gasteiger partial charge on any atom is 0.191 e. The van der Waals surface area contributed by atoms with E-state index in [0.29, 0.717) is 6.04 Å². The van der Waals surface area contributed by atoms with E-state index in [9.17, 15) is 0 Å². The lowest BCUT2D eigenvalue weighted by atomic mass is 9.97. The van der Waals surface area contributed by atoms with E-state index in [1.54, 1.807) is 0 Å². The Morgan fingerprint density at radius 3 is 2.73 bits per heavy atom. The molecule has 1 aromatic rings. The van der Waals surface area contributed by atoms with Crippen LogP contribution in [0.25, 0.3) is 0 Å². The summed E-state index contributed by atoms with van der Waals surface area (Å²) in [4.78, 5) is 8.49. The van der Waals surface area contributed by atoms with Crippen LogP contribution in [0.1, 0.15) is 43.5 Å². The van der Waals surface area contributed by atoms with E-state index in [1.165, 1.54) is 49.4 Å². The summed E-state index contributed by atoms with van der Waals surface area (Å²) >= 11 is 3.78. The summed E-state index contributed by atoms with van der Waals surface area (Å²) in [6, 6.07) is 4.88. The Labute approximate surface area is 185 Å². The Hall–Kier alpha value is 0.01000. The number of thiophene rings is 1. The number of hydrogen-bond acceptors (Lipinski definition) is 4. The monoisotopic (exact) mass is 510 g/mol. The molecule has 1 aliphatic heterocycles. The lowest BCUT2D eigenvalue weighted by Crippen LogP contribution is -2.45. The van der Waals surface area contributed by atoms with Gasteiger partial charge in [0.05, 0.1) is 6.04 Å². The van der Waals surface area contributed by atoms with E-state index in [4.69, 9.17) is 0 Å². The largest absolute Gasteiger partial charge is 0.356 e. The quantitative estimate of drug-likeness (QED) is 0.223. The van der Waals surface area contributed by atoms with Crippen LogP contribution in [-0.4, -0.2) is 56.1 Å². The van der Waals surface area contributed by atoms with Gasteiger partial charge in [0.25, 0.3) is 0 Å². The molecule has 150 valence electrons. The first-order chi connectivity index (χ1) is 12.2. The van der Waals surface area contributed by atoms with Gasteiger partial charge in [-0.15, -0.1) is 35.3 Å². The van der Waals surface area contributed by atoms with E-state index < -0.39 is 0 Å². The third-order valence-electron chi connectivity index (χ3n) is 4.88. The number of guanidine groups is 1. The van der Waals surface area contributed by atoms with Gasteiger partial charge >= 0.3 is 0 Å². The van der Waals surface area contributed by atoms with E-state index in [2.05, 4.69) is 51.2 Å². The zero-order valence-electron chi connectivity index (χ0n) is 16.4. The van der Waals surface area contributed by atoms with Crippen molar-refractivity contribution >= 4 is 53.0 Å². The summed E-state index contributed by atoms with van der Waals surface area (Å²) in [5.74, 6) is 3.03. The highest BCUT2D eigenvalue weighted by atomic mass is 127. The maximum absolute atomic E-state index is 4.39. The molecule has 0 radical (unpaired) electrons. The van der Waals surface area contributed by atoms with Crippen molar-refractivity contribution in [2.45, 2.75) is 38.6 Å². The highest BCUT2D eigenvalue weighted by Crippen LogP contribution is 2.28. The summed E-state index contributed by atoms with van der Waals surface area (Å²) in [6.07, 6.45) is 7.24. The molecule has 2 rings (SSSR count). The van der Waals surface area contributed by atoms with Crippen molar-refractivity contribution in [3.8, 4) is 0 Å². The number of nitrogens with one attached hydrogen (secondary N) is 2. The van der Waals surface area contributed by atoms with Crippen molar-refractivity contribution < 1.29 is 0 Å². The molecular formula is C19H35IN4S2. The third kappa shape index (κ3) is 8.35. The number of thioether (sulfide) groups is 1. The summed E-state index contributed by atoms with van der Waals surface area (Å²) in [7, 11) is 1.86. The first-order valence-corrected chi connectivity index (χ1v) is 11.7. The molecule has 0 aromatic carbocycles. The van der Waals surface area contributed by atoms with Gasteiger partial charge in [0, 0.05) is 25.0 Å². The molecule has 1 fully saturated rings. The van der Waals surface area contributed by atoms with Crippen molar-refractivity contribution in [2.24, 2.45) is 10.9 Å². The summed E-state index contributed by atoms with van der Waals surface area (Å²) in [5, 5.41) is 9.20. The number of halogens is 1. The van der Waals surface area contributed by atoms with Crippen molar-refractivity contribution in [1.29, 1.82) is 0 Å². The maximum atomic E-state index is 4.39. The molecule has 0 bridgehead atoms. The lowest BCUT2D eigenvalue weighted by molar-refractivity contribution is 0.140. The van der Waals surface area contributed by atoms with Crippen molar-refractivity contribution in [2.75, 3.05) is 45.2 Å². The second-order valence-electron chi connectivity index (χ2n) is 6.83. The van der Waals surface area contributed by atoms with Crippen LogP contribution in [0.15, 0.2) is 22.5 Å². The summed E-state index contributed by atoms with van der Waals surface area (Å²) < 4.78 is 0. The number of nitrogens with zero attached hydrogens (tertiary/aromatic N) is 2. The highest BCUT2D eigenvalue weighted by Gasteiger charge is 2.25. The molecule has 2 N–H and O–H groups in total. The SMILES string of the molecule is CN=C(NCCCCSC)NCC(c1cccs1)N1CCC(C)CC1.I. The molecule has 26 heavy (non-hydrogen) atoms. The van der Waals surface area contributed by atoms with Crippen molar-refractivity contribution in [3.05, 3.63) is 22.4 Å². The average molecular weight is 511 g/mol. The van der Waals surface area contributed by atoms with Crippen LogP contribution in [0.2, 0.25) is 0 Å². The van der Waals surface area contributed by atoms with Crippen LogP contribution in [0.3, 0.4) is 0 Å². The molecule has 0 spiro atoms. The zero-order chi connectivity index (χ0) is 17.9. The summed E-state index contributed by atoms with van der Waals surface area (Å²) in [6.45, 7) is 6.68. The molecule has 0 aliphatic carbocycles. The number of rotatable bonds is 9. The molecule has 1 atom stereocenters. The van der Waals surface area contributed by atoms with Gasteiger partial charge in [0.2, 0.25) is 0 Å². The van der Waals surface area contributed by atoms with Gasteiger partial charge in [0.1, 0.15) is 0 Å². The minimum absolute atomic E-state index is 0. The second kappa shape index (κ2) is 14.1. The van der Waals surface area contributed by atoms with Crippen LogP contribution in [0, 0.1) is 5.92 Å². The standard InChI is InChI=1S/C19H34N4S2.HI/c1-16-8-11-23(12-9-16)17(18-7-6-14-25-18)15-22-19(20-2)21-10-4-5-13-24-3;/h6-7,14,16-17H,4-5,8-13,15H2,1-3H3,(H2,20,21,22);1H. The molecule has 1 unspecified atom stereocenters. The zero-order valence-corrected chi connectivity index (χ0v) is 20.3. The molecule has 1 saturated heterocycles. The van der Waals surface area contributed by atoms with Crippen LogP contribution in [-0.2, 0) is 0 Å². The number of likely N-dealkylation sites (tertiary alicyclic amines) is 1. The molecule has 4 nitrogen and oxygen atoms in total. The molecule has 0 amide bonds. The lowest BCUT2D eigenvalue weighted by Gasteiger charge is -2.36.